The molecule has 0 amide bonds. The standard InChI is InChI=1S/C10H13IN2O/c11-8-6-10(14)13(12-7-8)9-4-2-1-3-5-9/h6-7,9H,1-5H2. The molecule has 0 spiro atoms. The van der Waals surface area contributed by atoms with Crippen molar-refractivity contribution in [2.45, 2.75) is 38.1 Å². The summed E-state index contributed by atoms with van der Waals surface area (Å²) >= 11 is 2.12. The van der Waals surface area contributed by atoms with Crippen LogP contribution >= 0.6 is 22.6 Å². The smallest absolute Gasteiger partial charge is 0.268 e. The fourth-order valence-electron chi connectivity index (χ4n) is 2.00. The fourth-order valence-corrected chi connectivity index (χ4v) is 2.39. The van der Waals surface area contributed by atoms with Gasteiger partial charge in [0.05, 0.1) is 12.2 Å². The zero-order chi connectivity index (χ0) is 9.97. The molecule has 1 aliphatic rings. The molecule has 0 radical (unpaired) electrons. The van der Waals surface area contributed by atoms with E-state index in [2.05, 4.69) is 27.7 Å². The predicted octanol–water partition coefficient (Wildman–Crippen LogP) is 2.35. The molecule has 76 valence electrons. The van der Waals surface area contributed by atoms with Crippen molar-refractivity contribution in [1.29, 1.82) is 0 Å². The summed E-state index contributed by atoms with van der Waals surface area (Å²) in [6.07, 6.45) is 7.72. The number of halogens is 1. The number of hydrogen-bond donors (Lipinski definition) is 0. The van der Waals surface area contributed by atoms with Crippen molar-refractivity contribution in [2.24, 2.45) is 0 Å². The molecule has 0 unspecified atom stereocenters. The predicted molar refractivity (Wildman–Crippen MR) is 63.3 cm³/mol. The Hall–Kier alpha value is -0.390. The summed E-state index contributed by atoms with van der Waals surface area (Å²) in [5.74, 6) is 0. The first kappa shape index (κ1) is 10.1. The Balaban J connectivity index is 2.26. The third kappa shape index (κ3) is 2.16. The molecule has 1 aromatic heterocycles. The van der Waals surface area contributed by atoms with Crippen molar-refractivity contribution in [3.8, 4) is 0 Å². The minimum absolute atomic E-state index is 0.0452. The van der Waals surface area contributed by atoms with E-state index in [1.807, 2.05) is 0 Å². The summed E-state index contributed by atoms with van der Waals surface area (Å²) in [5, 5.41) is 4.20. The Labute approximate surface area is 96.7 Å². The zero-order valence-electron chi connectivity index (χ0n) is 7.95. The number of hydrogen-bond acceptors (Lipinski definition) is 2. The maximum Gasteiger partial charge on any atom is 0.268 e. The molecule has 0 aromatic carbocycles. The summed E-state index contributed by atoms with van der Waals surface area (Å²) in [4.78, 5) is 11.6. The van der Waals surface area contributed by atoms with Crippen LogP contribution in [0.1, 0.15) is 38.1 Å². The number of nitrogens with zero attached hydrogens (tertiary/aromatic N) is 2. The van der Waals surface area contributed by atoms with Gasteiger partial charge in [0.25, 0.3) is 5.56 Å². The van der Waals surface area contributed by atoms with Gasteiger partial charge in [0.2, 0.25) is 0 Å². The first-order chi connectivity index (χ1) is 6.77. The Kier molecular flexibility index (Phi) is 3.20. The molecule has 1 aromatic rings. The van der Waals surface area contributed by atoms with Gasteiger partial charge >= 0.3 is 0 Å². The van der Waals surface area contributed by atoms with Crippen molar-refractivity contribution in [3.05, 3.63) is 26.2 Å². The van der Waals surface area contributed by atoms with Crippen LogP contribution in [0, 0.1) is 3.57 Å². The molecular formula is C10H13IN2O. The van der Waals surface area contributed by atoms with E-state index in [0.29, 0.717) is 6.04 Å². The van der Waals surface area contributed by atoms with Crippen LogP contribution in [-0.2, 0) is 0 Å². The summed E-state index contributed by atoms with van der Waals surface area (Å²) in [6.45, 7) is 0. The average Bonchev–Trinajstić information content (AvgIpc) is 2.19. The fraction of sp³-hybridized carbons (Fsp3) is 0.600. The molecule has 0 atom stereocenters. The third-order valence-electron chi connectivity index (χ3n) is 2.71. The highest BCUT2D eigenvalue weighted by atomic mass is 127. The normalized spacial score (nSPS) is 18.4. The van der Waals surface area contributed by atoms with Gasteiger partial charge in [0.1, 0.15) is 0 Å². The van der Waals surface area contributed by atoms with Gasteiger partial charge in [-0.15, -0.1) is 0 Å². The molecule has 1 saturated carbocycles. The lowest BCUT2D eigenvalue weighted by Crippen LogP contribution is -2.28. The topological polar surface area (TPSA) is 34.9 Å². The van der Waals surface area contributed by atoms with Gasteiger partial charge in [0, 0.05) is 9.64 Å². The first-order valence-corrected chi connectivity index (χ1v) is 6.09. The van der Waals surface area contributed by atoms with E-state index >= 15 is 0 Å². The van der Waals surface area contributed by atoms with E-state index in [-0.39, 0.29) is 5.56 Å². The van der Waals surface area contributed by atoms with E-state index in [9.17, 15) is 4.79 Å². The Morgan fingerprint density at radius 3 is 2.71 bits per heavy atom. The quantitative estimate of drug-likeness (QED) is 0.747. The van der Waals surface area contributed by atoms with Gasteiger partial charge in [0.15, 0.2) is 0 Å². The molecule has 1 fully saturated rings. The van der Waals surface area contributed by atoms with E-state index in [0.717, 1.165) is 16.4 Å². The molecule has 3 nitrogen and oxygen atoms in total. The summed E-state index contributed by atoms with van der Waals surface area (Å²) < 4.78 is 2.57. The van der Waals surface area contributed by atoms with Crippen molar-refractivity contribution >= 4 is 22.6 Å². The lowest BCUT2D eigenvalue weighted by Gasteiger charge is -2.22. The number of rotatable bonds is 1. The van der Waals surface area contributed by atoms with Crippen LogP contribution in [0.4, 0.5) is 0 Å². The highest BCUT2D eigenvalue weighted by Gasteiger charge is 2.16. The Morgan fingerprint density at radius 1 is 1.36 bits per heavy atom. The largest absolute Gasteiger partial charge is 0.268 e. The SMILES string of the molecule is O=c1cc(I)cnn1C1CCCCC1. The molecule has 2 rings (SSSR count). The van der Waals surface area contributed by atoms with Crippen LogP contribution in [0.15, 0.2) is 17.1 Å². The molecule has 14 heavy (non-hydrogen) atoms. The lowest BCUT2D eigenvalue weighted by molar-refractivity contribution is 0.318. The first-order valence-electron chi connectivity index (χ1n) is 5.02. The monoisotopic (exact) mass is 304 g/mol. The van der Waals surface area contributed by atoms with Crippen LogP contribution in [0.25, 0.3) is 0 Å². The summed E-state index contributed by atoms with van der Waals surface area (Å²) in [5.41, 5.74) is 0.0452. The van der Waals surface area contributed by atoms with Gasteiger partial charge in [-0.25, -0.2) is 4.68 Å². The minimum Gasteiger partial charge on any atom is -0.268 e. The maximum absolute atomic E-state index is 11.6. The maximum atomic E-state index is 11.6. The van der Waals surface area contributed by atoms with Crippen molar-refractivity contribution in [2.75, 3.05) is 0 Å². The highest BCUT2D eigenvalue weighted by Crippen LogP contribution is 2.25. The molecule has 0 saturated heterocycles. The molecule has 0 N–H and O–H groups in total. The molecule has 1 aliphatic carbocycles. The third-order valence-corrected chi connectivity index (χ3v) is 3.30. The summed E-state index contributed by atoms with van der Waals surface area (Å²) in [7, 11) is 0. The van der Waals surface area contributed by atoms with Gasteiger partial charge < -0.3 is 0 Å². The van der Waals surface area contributed by atoms with E-state index in [4.69, 9.17) is 0 Å². The van der Waals surface area contributed by atoms with Crippen molar-refractivity contribution in [1.82, 2.24) is 9.78 Å². The van der Waals surface area contributed by atoms with Crippen LogP contribution in [0.5, 0.6) is 0 Å². The van der Waals surface area contributed by atoms with Crippen molar-refractivity contribution < 1.29 is 0 Å². The second-order valence-corrected chi connectivity index (χ2v) is 4.99. The van der Waals surface area contributed by atoms with Crippen LogP contribution in [0.3, 0.4) is 0 Å². The zero-order valence-corrected chi connectivity index (χ0v) is 10.1. The van der Waals surface area contributed by atoms with Crippen LogP contribution in [-0.4, -0.2) is 9.78 Å². The van der Waals surface area contributed by atoms with E-state index in [1.165, 1.54) is 19.3 Å². The minimum atomic E-state index is 0.0452. The van der Waals surface area contributed by atoms with E-state index < -0.39 is 0 Å². The molecule has 4 heteroatoms. The molecule has 1 heterocycles. The van der Waals surface area contributed by atoms with E-state index in [1.54, 1.807) is 16.9 Å². The highest BCUT2D eigenvalue weighted by molar-refractivity contribution is 14.1. The Morgan fingerprint density at radius 2 is 2.07 bits per heavy atom. The summed E-state index contributed by atoms with van der Waals surface area (Å²) in [6, 6.07) is 2.00. The molecular weight excluding hydrogens is 291 g/mol. The van der Waals surface area contributed by atoms with Crippen LogP contribution < -0.4 is 5.56 Å². The Bertz CT molecular complexity index is 369. The van der Waals surface area contributed by atoms with Crippen molar-refractivity contribution in [3.63, 3.8) is 0 Å². The van der Waals surface area contributed by atoms with Gasteiger partial charge in [-0.1, -0.05) is 19.3 Å². The van der Waals surface area contributed by atoms with Crippen LogP contribution in [0.2, 0.25) is 0 Å². The molecule has 0 bridgehead atoms. The van der Waals surface area contributed by atoms with Gasteiger partial charge in [-0.3, -0.25) is 4.79 Å². The number of aromatic nitrogens is 2. The van der Waals surface area contributed by atoms with Gasteiger partial charge in [-0.05, 0) is 35.4 Å². The average molecular weight is 304 g/mol. The second-order valence-electron chi connectivity index (χ2n) is 3.75. The van der Waals surface area contributed by atoms with Gasteiger partial charge in [-0.2, -0.15) is 5.10 Å². The second kappa shape index (κ2) is 4.42. The molecule has 0 aliphatic heterocycles. The lowest BCUT2D eigenvalue weighted by atomic mass is 9.96.